The second kappa shape index (κ2) is 16.4. The van der Waals surface area contributed by atoms with Crippen LogP contribution in [0, 0.1) is 17.8 Å². The molecule has 10 rings (SSSR count). The number of ether oxygens (including phenoxy) is 3. The minimum atomic E-state index is -0.945. The number of aromatic nitrogens is 4. The molecule has 1 unspecified atom stereocenters. The summed E-state index contributed by atoms with van der Waals surface area (Å²) in [4.78, 5) is 66.8. The number of likely N-dealkylation sites (tertiary alicyclic amines) is 2. The number of benzene rings is 4. The summed E-state index contributed by atoms with van der Waals surface area (Å²) in [6.07, 6.45) is 3.75. The lowest BCUT2D eigenvalue weighted by molar-refractivity contribution is -0.141. The first-order valence-corrected chi connectivity index (χ1v) is 21.7. The molecule has 3 amide bonds. The smallest absolute Gasteiger partial charge is 0.407 e. The van der Waals surface area contributed by atoms with E-state index >= 15 is 0 Å². The summed E-state index contributed by atoms with van der Waals surface area (Å²) < 4.78 is 16.9. The summed E-state index contributed by atoms with van der Waals surface area (Å²) in [6.45, 7) is 5.37. The summed E-state index contributed by atoms with van der Waals surface area (Å²) in [5.74, 6) is 2.70. The number of hydrogen-bond acceptors (Lipinski definition) is 10. The third kappa shape index (κ3) is 7.37. The predicted molar refractivity (Wildman–Crippen MR) is 235 cm³/mol. The molecule has 5 heterocycles. The Morgan fingerprint density at radius 1 is 0.905 bits per heavy atom. The van der Waals surface area contributed by atoms with Crippen molar-refractivity contribution in [1.29, 1.82) is 0 Å². The van der Waals surface area contributed by atoms with Crippen molar-refractivity contribution in [2.45, 2.75) is 69.9 Å². The van der Waals surface area contributed by atoms with Crippen molar-refractivity contribution < 1.29 is 33.4 Å². The van der Waals surface area contributed by atoms with Crippen LogP contribution in [-0.4, -0.2) is 94.2 Å². The van der Waals surface area contributed by atoms with Gasteiger partial charge in [0.1, 0.15) is 36.1 Å². The molecule has 1 aliphatic carbocycles. The molecular weight excluding hydrogens is 801 g/mol. The van der Waals surface area contributed by atoms with E-state index in [9.17, 15) is 14.4 Å². The summed E-state index contributed by atoms with van der Waals surface area (Å²) in [5.41, 5.74) is 10.3. The van der Waals surface area contributed by atoms with Crippen molar-refractivity contribution in [2.24, 2.45) is 17.8 Å². The minimum Gasteiger partial charge on any atom is -0.488 e. The molecule has 7 atom stereocenters. The fourth-order valence-corrected chi connectivity index (χ4v) is 10.1. The van der Waals surface area contributed by atoms with Crippen LogP contribution >= 0.6 is 0 Å². The van der Waals surface area contributed by atoms with E-state index in [0.29, 0.717) is 43.5 Å². The molecule has 0 bridgehead atoms. The monoisotopic (exact) mass is 852 g/mol. The Balaban J connectivity index is 0.922. The molecule has 0 spiro atoms. The highest BCUT2D eigenvalue weighted by Crippen LogP contribution is 2.53. The van der Waals surface area contributed by atoms with Crippen LogP contribution in [0.3, 0.4) is 0 Å². The number of hydrogen-bond donors (Lipinski definition) is 4. The van der Waals surface area contributed by atoms with Crippen LogP contribution in [0.15, 0.2) is 79.0 Å². The SMILES string of the molecule is COC[C@H]1C[C@@H](c2nc3ccc4cc5c(cc4c3[nH]2)OCc2cc(-c3cnc([C@@H]4CC6C[C@H]6N4C(=O)[C@@H](NOC)C(C)C)[nH]3)ccc2-5)N(C(=O)[C@H](NC(=O)OC)c2ccccc2)C1. The Hall–Kier alpha value is -6.29. The second-order valence-electron chi connectivity index (χ2n) is 17.6. The number of fused-ring (bicyclic) bond motifs is 7. The van der Waals surface area contributed by atoms with Gasteiger partial charge in [0.25, 0.3) is 5.91 Å². The molecule has 326 valence electrons. The molecule has 3 fully saturated rings. The Labute approximate surface area is 364 Å². The van der Waals surface area contributed by atoms with Crippen molar-refractivity contribution >= 4 is 39.7 Å². The number of amides is 3. The lowest BCUT2D eigenvalue weighted by Crippen LogP contribution is -2.49. The van der Waals surface area contributed by atoms with Gasteiger partial charge in [0.2, 0.25) is 5.91 Å². The van der Waals surface area contributed by atoms with E-state index in [0.717, 1.165) is 74.2 Å². The number of methoxy groups -OCH3 is 2. The Morgan fingerprint density at radius 2 is 1.75 bits per heavy atom. The van der Waals surface area contributed by atoms with Crippen molar-refractivity contribution in [3.05, 3.63) is 102 Å². The molecule has 4 aliphatic rings. The lowest BCUT2D eigenvalue weighted by Gasteiger charge is -2.31. The number of aromatic amines is 2. The van der Waals surface area contributed by atoms with Crippen LogP contribution in [0.25, 0.3) is 44.2 Å². The van der Waals surface area contributed by atoms with E-state index in [1.165, 1.54) is 7.11 Å². The van der Waals surface area contributed by atoms with E-state index in [4.69, 9.17) is 29.0 Å². The predicted octanol–water partition coefficient (Wildman–Crippen LogP) is 7.14. The topological polar surface area (TPSA) is 176 Å². The van der Waals surface area contributed by atoms with Gasteiger partial charge in [-0.3, -0.25) is 9.59 Å². The largest absolute Gasteiger partial charge is 0.488 e. The number of imidazole rings is 2. The number of piperidine rings is 1. The zero-order chi connectivity index (χ0) is 43.5. The van der Waals surface area contributed by atoms with Gasteiger partial charge in [-0.25, -0.2) is 14.8 Å². The van der Waals surface area contributed by atoms with Gasteiger partial charge in [-0.1, -0.05) is 62.4 Å². The van der Waals surface area contributed by atoms with E-state index in [-0.39, 0.29) is 41.8 Å². The molecule has 4 aromatic carbocycles. The van der Waals surface area contributed by atoms with Crippen LogP contribution in [0.4, 0.5) is 4.79 Å². The van der Waals surface area contributed by atoms with Gasteiger partial charge in [-0.05, 0) is 83.0 Å². The molecule has 1 saturated carbocycles. The normalized spacial score (nSPS) is 22.1. The van der Waals surface area contributed by atoms with Gasteiger partial charge in [-0.2, -0.15) is 5.48 Å². The van der Waals surface area contributed by atoms with Crippen LogP contribution in [0.2, 0.25) is 0 Å². The van der Waals surface area contributed by atoms with Crippen LogP contribution in [0.1, 0.15) is 74.0 Å². The maximum atomic E-state index is 14.4. The van der Waals surface area contributed by atoms with Crippen LogP contribution in [-0.2, 0) is 30.5 Å². The molecular formula is C48H52N8O7. The number of nitrogens with one attached hydrogen (secondary N) is 4. The van der Waals surface area contributed by atoms with Gasteiger partial charge in [0.15, 0.2) is 0 Å². The Kier molecular flexibility index (Phi) is 10.6. The fourth-order valence-electron chi connectivity index (χ4n) is 10.1. The number of hydroxylamine groups is 1. The second-order valence-corrected chi connectivity index (χ2v) is 17.6. The quantitative estimate of drug-likeness (QED) is 0.0927. The molecule has 15 heteroatoms. The van der Waals surface area contributed by atoms with Gasteiger partial charge < -0.3 is 44.1 Å². The first kappa shape index (κ1) is 40.8. The van der Waals surface area contributed by atoms with Gasteiger partial charge in [0, 0.05) is 36.6 Å². The molecule has 2 saturated heterocycles. The maximum absolute atomic E-state index is 14.4. The number of carbonyl (C=O) groups excluding carboxylic acids is 3. The third-order valence-corrected chi connectivity index (χ3v) is 13.3. The van der Waals surface area contributed by atoms with Gasteiger partial charge in [0.05, 0.1) is 55.8 Å². The zero-order valence-electron chi connectivity index (χ0n) is 36.0. The molecule has 4 N–H and O–H groups in total. The average Bonchev–Trinajstić information content (AvgIpc) is 3.77. The molecule has 0 radical (unpaired) electrons. The van der Waals surface area contributed by atoms with E-state index in [1.54, 1.807) is 19.1 Å². The molecule has 63 heavy (non-hydrogen) atoms. The van der Waals surface area contributed by atoms with Crippen molar-refractivity contribution in [1.82, 2.24) is 40.5 Å². The van der Waals surface area contributed by atoms with Crippen LogP contribution < -0.4 is 15.5 Å². The van der Waals surface area contributed by atoms with E-state index < -0.39 is 18.2 Å². The highest BCUT2D eigenvalue weighted by Gasteiger charge is 2.56. The number of rotatable bonds is 12. The van der Waals surface area contributed by atoms with Crippen molar-refractivity contribution in [3.63, 3.8) is 0 Å². The van der Waals surface area contributed by atoms with Crippen molar-refractivity contribution in [2.75, 3.05) is 34.5 Å². The molecule has 15 nitrogen and oxygen atoms in total. The number of carbonyl (C=O) groups is 3. The fraction of sp³-hybridized carbons (Fsp3) is 0.396. The minimum absolute atomic E-state index is 0.0534. The molecule has 2 aromatic heterocycles. The highest BCUT2D eigenvalue weighted by molar-refractivity contribution is 6.07. The number of alkyl carbamates (subject to hydrolysis) is 1. The number of nitrogens with zero attached hydrogens (tertiary/aromatic N) is 4. The highest BCUT2D eigenvalue weighted by atomic mass is 16.6. The summed E-state index contributed by atoms with van der Waals surface area (Å²) >= 11 is 0. The summed E-state index contributed by atoms with van der Waals surface area (Å²) in [5, 5.41) is 4.74. The maximum Gasteiger partial charge on any atom is 0.407 e. The summed E-state index contributed by atoms with van der Waals surface area (Å²) in [7, 11) is 4.50. The van der Waals surface area contributed by atoms with Crippen LogP contribution in [0.5, 0.6) is 5.75 Å². The number of H-pyrrole nitrogens is 2. The average molecular weight is 853 g/mol. The van der Waals surface area contributed by atoms with E-state index in [2.05, 4.69) is 57.2 Å². The lowest BCUT2D eigenvalue weighted by atomic mass is 9.92. The first-order chi connectivity index (χ1) is 30.6. The molecule has 3 aliphatic heterocycles. The summed E-state index contributed by atoms with van der Waals surface area (Å²) in [6, 6.07) is 22.3. The first-order valence-electron chi connectivity index (χ1n) is 21.7. The Bertz CT molecular complexity index is 2720. The van der Waals surface area contributed by atoms with Crippen molar-refractivity contribution in [3.8, 4) is 28.1 Å². The standard InChI is InChI=1S/C48H52N8O7/c1-25(2)41(54-62-5)47(58)56-37-18-30(37)19-39(56)44-49-21-36(51-44)29-11-13-32-31(16-29)24-63-40-20-33-28(17-34(32)40)12-14-35-43(33)52-45(50-35)38-15-26(23-60-3)22-55(38)46(57)42(53-48(59)61-4)27-9-7-6-8-10-27/h6-14,16-17,20-21,25-26,30,37-39,41-42,54H,15,18-19,22-24H2,1-5H3,(H,49,51)(H,50,52)(H,53,59)/t26-,30?,37+,38-,39-,41-,42+/m0/s1. The molecule has 6 aromatic rings. The Morgan fingerprint density at radius 3 is 2.52 bits per heavy atom. The third-order valence-electron chi connectivity index (χ3n) is 13.3. The van der Waals surface area contributed by atoms with E-state index in [1.807, 2.05) is 61.3 Å². The van der Waals surface area contributed by atoms with Gasteiger partial charge >= 0.3 is 6.09 Å². The zero-order valence-corrected chi connectivity index (χ0v) is 36.0. The van der Waals surface area contributed by atoms with Gasteiger partial charge in [-0.15, -0.1) is 0 Å².